The summed E-state index contributed by atoms with van der Waals surface area (Å²) in [7, 11) is 0. The summed E-state index contributed by atoms with van der Waals surface area (Å²) in [4.78, 5) is 11.6. The molecule has 66 valence electrons. The molecule has 0 saturated heterocycles. The van der Waals surface area contributed by atoms with E-state index in [1.165, 1.54) is 12.5 Å². The van der Waals surface area contributed by atoms with Gasteiger partial charge in [0.05, 0.1) is 18.0 Å². The number of aryl methyl sites for hydroxylation is 1. The average molecular weight is 177 g/mol. The van der Waals surface area contributed by atoms with Crippen molar-refractivity contribution < 1.29 is 13.7 Å². The molecule has 2 heterocycles. The lowest BCUT2D eigenvalue weighted by Gasteiger charge is -1.91. The fraction of sp³-hybridized carbons (Fsp3) is 0.111. The van der Waals surface area contributed by atoms with Gasteiger partial charge in [0.15, 0.2) is 5.76 Å². The number of carbonyl (C=O) groups excluding carboxylic acids is 1. The first kappa shape index (κ1) is 7.79. The van der Waals surface area contributed by atoms with Crippen LogP contribution in [0, 0.1) is 6.92 Å². The van der Waals surface area contributed by atoms with Crippen LogP contribution in [0.5, 0.6) is 0 Å². The Hall–Kier alpha value is -1.84. The Labute approximate surface area is 74.1 Å². The van der Waals surface area contributed by atoms with E-state index in [1.807, 2.05) is 0 Å². The fourth-order valence-corrected chi connectivity index (χ4v) is 1.06. The average Bonchev–Trinajstić information content (AvgIpc) is 2.72. The molecule has 0 amide bonds. The van der Waals surface area contributed by atoms with Gasteiger partial charge in [-0.05, 0) is 19.1 Å². The summed E-state index contributed by atoms with van der Waals surface area (Å²) in [5.41, 5.74) is 0.440. The molecule has 0 unspecified atom stereocenters. The molecule has 0 aliphatic carbocycles. The second kappa shape index (κ2) is 2.90. The molecule has 0 bridgehead atoms. The van der Waals surface area contributed by atoms with E-state index in [9.17, 15) is 4.79 Å². The molecule has 13 heavy (non-hydrogen) atoms. The standard InChI is InChI=1S/C9H7NO3/c1-6-7(5-10-13-6)9(11)8-3-2-4-12-8/h2-5H,1H3. The largest absolute Gasteiger partial charge is 0.461 e. The number of rotatable bonds is 2. The van der Waals surface area contributed by atoms with Crippen molar-refractivity contribution >= 4 is 5.78 Å². The van der Waals surface area contributed by atoms with Crippen molar-refractivity contribution in [2.24, 2.45) is 0 Å². The first-order chi connectivity index (χ1) is 6.29. The third-order valence-electron chi connectivity index (χ3n) is 1.74. The lowest BCUT2D eigenvalue weighted by atomic mass is 10.1. The SMILES string of the molecule is Cc1oncc1C(=O)c1ccco1. The number of furan rings is 1. The van der Waals surface area contributed by atoms with Crippen LogP contribution in [0.4, 0.5) is 0 Å². The maximum Gasteiger partial charge on any atom is 0.233 e. The second-order valence-corrected chi connectivity index (χ2v) is 2.60. The summed E-state index contributed by atoms with van der Waals surface area (Å²) in [5, 5.41) is 3.52. The molecular weight excluding hydrogens is 170 g/mol. The molecule has 0 aliphatic rings. The number of hydrogen-bond acceptors (Lipinski definition) is 4. The third-order valence-corrected chi connectivity index (χ3v) is 1.74. The summed E-state index contributed by atoms with van der Waals surface area (Å²) >= 11 is 0. The van der Waals surface area contributed by atoms with Crippen LogP contribution in [0.3, 0.4) is 0 Å². The highest BCUT2D eigenvalue weighted by atomic mass is 16.5. The highest BCUT2D eigenvalue weighted by Gasteiger charge is 2.16. The van der Waals surface area contributed by atoms with Crippen molar-refractivity contribution in [2.45, 2.75) is 6.92 Å². The van der Waals surface area contributed by atoms with Gasteiger partial charge in [-0.25, -0.2) is 0 Å². The molecule has 0 aromatic carbocycles. The number of hydrogen-bond donors (Lipinski definition) is 0. The Balaban J connectivity index is 2.39. The van der Waals surface area contributed by atoms with Crippen LogP contribution in [0.1, 0.15) is 21.9 Å². The maximum atomic E-state index is 11.6. The van der Waals surface area contributed by atoms with E-state index in [4.69, 9.17) is 8.94 Å². The molecule has 0 atom stereocenters. The molecule has 2 aromatic rings. The summed E-state index contributed by atoms with van der Waals surface area (Å²) in [6.45, 7) is 1.68. The predicted molar refractivity (Wildman–Crippen MR) is 43.4 cm³/mol. The molecule has 0 N–H and O–H groups in total. The molecule has 4 heteroatoms. The van der Waals surface area contributed by atoms with Crippen molar-refractivity contribution in [1.29, 1.82) is 0 Å². The first-order valence-corrected chi connectivity index (χ1v) is 3.78. The first-order valence-electron chi connectivity index (χ1n) is 3.78. The molecule has 0 radical (unpaired) electrons. The van der Waals surface area contributed by atoms with E-state index in [0.717, 1.165) is 0 Å². The van der Waals surface area contributed by atoms with E-state index < -0.39 is 0 Å². The van der Waals surface area contributed by atoms with E-state index >= 15 is 0 Å². The zero-order valence-corrected chi connectivity index (χ0v) is 6.98. The van der Waals surface area contributed by atoms with Gasteiger partial charge in [0.25, 0.3) is 0 Å². The van der Waals surface area contributed by atoms with Gasteiger partial charge in [-0.1, -0.05) is 5.16 Å². The highest BCUT2D eigenvalue weighted by Crippen LogP contribution is 2.13. The predicted octanol–water partition coefficient (Wildman–Crippen LogP) is 1.81. The Kier molecular flexibility index (Phi) is 1.73. The summed E-state index contributed by atoms with van der Waals surface area (Å²) in [5.74, 6) is 0.594. The fourth-order valence-electron chi connectivity index (χ4n) is 1.06. The number of nitrogens with zero attached hydrogens (tertiary/aromatic N) is 1. The minimum atomic E-state index is -0.205. The van der Waals surface area contributed by atoms with Gasteiger partial charge in [-0.2, -0.15) is 0 Å². The summed E-state index contributed by atoms with van der Waals surface area (Å²) in [6, 6.07) is 3.27. The lowest BCUT2D eigenvalue weighted by Crippen LogP contribution is -1.99. The zero-order valence-electron chi connectivity index (χ0n) is 6.98. The number of aromatic nitrogens is 1. The topological polar surface area (TPSA) is 56.2 Å². The van der Waals surface area contributed by atoms with Gasteiger partial charge in [0, 0.05) is 0 Å². The van der Waals surface area contributed by atoms with Crippen molar-refractivity contribution in [2.75, 3.05) is 0 Å². The van der Waals surface area contributed by atoms with E-state index in [0.29, 0.717) is 17.1 Å². The van der Waals surface area contributed by atoms with Gasteiger partial charge in [0.1, 0.15) is 5.76 Å². The Morgan fingerprint density at radius 2 is 2.38 bits per heavy atom. The molecule has 0 saturated carbocycles. The van der Waals surface area contributed by atoms with Gasteiger partial charge >= 0.3 is 0 Å². The van der Waals surface area contributed by atoms with Crippen LogP contribution < -0.4 is 0 Å². The highest BCUT2D eigenvalue weighted by molar-refractivity contribution is 6.07. The molecule has 2 rings (SSSR count). The number of carbonyl (C=O) groups is 1. The minimum absolute atomic E-state index is 0.205. The quantitative estimate of drug-likeness (QED) is 0.656. The van der Waals surface area contributed by atoms with Crippen molar-refractivity contribution in [3.8, 4) is 0 Å². The molecule has 4 nitrogen and oxygen atoms in total. The summed E-state index contributed by atoms with van der Waals surface area (Å²) < 4.78 is 9.73. The second-order valence-electron chi connectivity index (χ2n) is 2.60. The van der Waals surface area contributed by atoms with Gasteiger partial charge in [-0.15, -0.1) is 0 Å². The Morgan fingerprint density at radius 1 is 1.54 bits per heavy atom. The van der Waals surface area contributed by atoms with Crippen molar-refractivity contribution in [3.05, 3.63) is 41.7 Å². The van der Waals surface area contributed by atoms with E-state index in [1.54, 1.807) is 19.1 Å². The third kappa shape index (κ3) is 1.26. The monoisotopic (exact) mass is 177 g/mol. The molecule has 2 aromatic heterocycles. The number of ketones is 1. The van der Waals surface area contributed by atoms with Gasteiger partial charge in [-0.3, -0.25) is 4.79 Å². The summed E-state index contributed by atoms with van der Waals surface area (Å²) in [6.07, 6.45) is 2.84. The lowest BCUT2D eigenvalue weighted by molar-refractivity contribution is 0.101. The normalized spacial score (nSPS) is 10.2. The van der Waals surface area contributed by atoms with Crippen LogP contribution >= 0.6 is 0 Å². The van der Waals surface area contributed by atoms with Crippen LogP contribution in [-0.2, 0) is 0 Å². The Bertz CT molecular complexity index is 414. The van der Waals surface area contributed by atoms with Crippen molar-refractivity contribution in [1.82, 2.24) is 5.16 Å². The van der Waals surface area contributed by atoms with Crippen LogP contribution in [-0.4, -0.2) is 10.9 Å². The molecular formula is C9H7NO3. The van der Waals surface area contributed by atoms with Gasteiger partial charge < -0.3 is 8.94 Å². The van der Waals surface area contributed by atoms with E-state index in [2.05, 4.69) is 5.16 Å². The van der Waals surface area contributed by atoms with Crippen molar-refractivity contribution in [3.63, 3.8) is 0 Å². The van der Waals surface area contributed by atoms with E-state index in [-0.39, 0.29) is 5.78 Å². The Morgan fingerprint density at radius 3 is 2.92 bits per heavy atom. The maximum absolute atomic E-state index is 11.6. The van der Waals surface area contributed by atoms with Crippen LogP contribution in [0.15, 0.2) is 33.5 Å². The van der Waals surface area contributed by atoms with Crippen LogP contribution in [0.25, 0.3) is 0 Å². The van der Waals surface area contributed by atoms with Crippen LogP contribution in [0.2, 0.25) is 0 Å². The van der Waals surface area contributed by atoms with Gasteiger partial charge in [0.2, 0.25) is 5.78 Å². The molecule has 0 spiro atoms. The zero-order chi connectivity index (χ0) is 9.26. The minimum Gasteiger partial charge on any atom is -0.461 e. The molecule has 0 aliphatic heterocycles. The smallest absolute Gasteiger partial charge is 0.233 e. The molecule has 0 fully saturated rings.